The van der Waals surface area contributed by atoms with Gasteiger partial charge in [0.1, 0.15) is 5.82 Å². The molecule has 0 unspecified atom stereocenters. The predicted octanol–water partition coefficient (Wildman–Crippen LogP) is 2.54. The maximum Gasteiger partial charge on any atom is 0.233 e. The van der Waals surface area contributed by atoms with Crippen molar-refractivity contribution < 1.29 is 4.79 Å². The van der Waals surface area contributed by atoms with Crippen molar-refractivity contribution in [3.05, 3.63) is 41.7 Å². The first-order valence-electron chi connectivity index (χ1n) is 12.1. The Hall–Kier alpha value is -1.90. The molecule has 2 aliphatic heterocycles. The molecule has 0 radical (unpaired) electrons. The van der Waals surface area contributed by atoms with Gasteiger partial charge in [0.05, 0.1) is 12.3 Å². The van der Waals surface area contributed by atoms with Gasteiger partial charge in [-0.1, -0.05) is 42.1 Å². The van der Waals surface area contributed by atoms with Crippen LogP contribution >= 0.6 is 11.8 Å². The van der Waals surface area contributed by atoms with Crippen molar-refractivity contribution in [3.8, 4) is 0 Å². The zero-order chi connectivity index (χ0) is 21.8. The SMILES string of the molecule is O=C(CSc1nnc(C2CC2)n1Cc1ccccc1)N1CCN(CCN2CCCC2)CC1. The minimum atomic E-state index is 0.219. The molecule has 0 atom stereocenters. The summed E-state index contributed by atoms with van der Waals surface area (Å²) >= 11 is 1.54. The molecule has 3 heterocycles. The van der Waals surface area contributed by atoms with E-state index < -0.39 is 0 Å². The minimum Gasteiger partial charge on any atom is -0.339 e. The molecule has 8 heteroatoms. The van der Waals surface area contributed by atoms with E-state index in [0.717, 1.165) is 50.2 Å². The third-order valence-electron chi connectivity index (χ3n) is 6.85. The van der Waals surface area contributed by atoms with Gasteiger partial charge in [0.15, 0.2) is 5.16 Å². The number of piperazine rings is 1. The highest BCUT2D eigenvalue weighted by Crippen LogP contribution is 2.40. The summed E-state index contributed by atoms with van der Waals surface area (Å²) in [7, 11) is 0. The zero-order valence-electron chi connectivity index (χ0n) is 18.9. The second-order valence-corrected chi connectivity index (χ2v) is 10.2. The van der Waals surface area contributed by atoms with Gasteiger partial charge in [-0.25, -0.2) is 0 Å². The lowest BCUT2D eigenvalue weighted by molar-refractivity contribution is -0.130. The van der Waals surface area contributed by atoms with Gasteiger partial charge in [-0.2, -0.15) is 0 Å². The second-order valence-electron chi connectivity index (χ2n) is 9.25. The van der Waals surface area contributed by atoms with Crippen molar-refractivity contribution in [3.63, 3.8) is 0 Å². The van der Waals surface area contributed by atoms with E-state index in [-0.39, 0.29) is 5.91 Å². The Morgan fingerprint density at radius 2 is 1.59 bits per heavy atom. The predicted molar refractivity (Wildman–Crippen MR) is 127 cm³/mol. The Labute approximate surface area is 195 Å². The van der Waals surface area contributed by atoms with Crippen LogP contribution in [0.4, 0.5) is 0 Å². The highest BCUT2D eigenvalue weighted by molar-refractivity contribution is 7.99. The molecule has 172 valence electrons. The van der Waals surface area contributed by atoms with E-state index >= 15 is 0 Å². The van der Waals surface area contributed by atoms with E-state index in [1.165, 1.54) is 62.6 Å². The first-order chi connectivity index (χ1) is 15.8. The van der Waals surface area contributed by atoms with E-state index in [0.29, 0.717) is 11.7 Å². The quantitative estimate of drug-likeness (QED) is 0.543. The number of likely N-dealkylation sites (tertiary alicyclic amines) is 1. The molecule has 1 aliphatic carbocycles. The number of hydrogen-bond donors (Lipinski definition) is 0. The van der Waals surface area contributed by atoms with Gasteiger partial charge < -0.3 is 14.4 Å². The Bertz CT molecular complexity index is 885. The Balaban J connectivity index is 1.12. The minimum absolute atomic E-state index is 0.219. The molecular formula is C24H34N6OS. The number of carbonyl (C=O) groups excluding carboxylic acids is 1. The Morgan fingerprint density at radius 3 is 2.28 bits per heavy atom. The van der Waals surface area contributed by atoms with Crippen molar-refractivity contribution in [2.45, 2.75) is 43.3 Å². The van der Waals surface area contributed by atoms with Crippen LogP contribution < -0.4 is 0 Å². The highest BCUT2D eigenvalue weighted by Gasteiger charge is 2.31. The average Bonchev–Trinajstić information content (AvgIpc) is 3.39. The highest BCUT2D eigenvalue weighted by atomic mass is 32.2. The van der Waals surface area contributed by atoms with Gasteiger partial charge in [-0.15, -0.1) is 10.2 Å². The third kappa shape index (κ3) is 5.53. The number of amides is 1. The summed E-state index contributed by atoms with van der Waals surface area (Å²) in [6.45, 7) is 9.23. The first-order valence-corrected chi connectivity index (χ1v) is 13.1. The molecule has 2 aromatic rings. The average molecular weight is 455 g/mol. The number of rotatable bonds is 9. The maximum atomic E-state index is 12.9. The van der Waals surface area contributed by atoms with Crippen LogP contribution in [-0.2, 0) is 11.3 Å². The Kier molecular flexibility index (Phi) is 7.10. The fourth-order valence-corrected chi connectivity index (χ4v) is 5.54. The van der Waals surface area contributed by atoms with E-state index in [1.54, 1.807) is 0 Å². The molecular weight excluding hydrogens is 420 g/mol. The van der Waals surface area contributed by atoms with Crippen molar-refractivity contribution >= 4 is 17.7 Å². The first kappa shape index (κ1) is 21.9. The van der Waals surface area contributed by atoms with Crippen molar-refractivity contribution in [1.82, 2.24) is 29.5 Å². The molecule has 1 saturated carbocycles. The summed E-state index contributed by atoms with van der Waals surface area (Å²) in [5, 5.41) is 9.81. The summed E-state index contributed by atoms with van der Waals surface area (Å²) in [5.74, 6) is 2.27. The molecule has 1 aromatic heterocycles. The lowest BCUT2D eigenvalue weighted by atomic mass is 10.2. The van der Waals surface area contributed by atoms with E-state index in [4.69, 9.17) is 0 Å². The molecule has 0 bridgehead atoms. The summed E-state index contributed by atoms with van der Waals surface area (Å²) in [6, 6.07) is 10.5. The molecule has 2 saturated heterocycles. The number of carbonyl (C=O) groups is 1. The molecule has 32 heavy (non-hydrogen) atoms. The number of aromatic nitrogens is 3. The second kappa shape index (κ2) is 10.4. The van der Waals surface area contributed by atoms with Crippen molar-refractivity contribution in [2.75, 3.05) is 58.1 Å². The van der Waals surface area contributed by atoms with E-state index in [1.807, 2.05) is 11.0 Å². The van der Waals surface area contributed by atoms with Crippen LogP contribution in [0.3, 0.4) is 0 Å². The fraction of sp³-hybridized carbons (Fsp3) is 0.625. The lowest BCUT2D eigenvalue weighted by Crippen LogP contribution is -2.50. The summed E-state index contributed by atoms with van der Waals surface area (Å²) in [5.41, 5.74) is 1.24. The standard InChI is InChI=1S/C24H34N6OS/c31-22(29-16-14-28(15-17-29)13-12-27-10-4-5-11-27)19-32-24-26-25-23(21-8-9-21)30(24)18-20-6-2-1-3-7-20/h1-3,6-7,21H,4-5,8-19H2. The molecule has 3 aliphatic rings. The molecule has 7 nitrogen and oxygen atoms in total. The molecule has 0 N–H and O–H groups in total. The third-order valence-corrected chi connectivity index (χ3v) is 7.80. The monoisotopic (exact) mass is 454 g/mol. The normalized spacial score (nSPS) is 20.2. The zero-order valence-corrected chi connectivity index (χ0v) is 19.7. The number of hydrogen-bond acceptors (Lipinski definition) is 6. The molecule has 5 rings (SSSR count). The number of benzene rings is 1. The van der Waals surface area contributed by atoms with Crippen molar-refractivity contribution in [1.29, 1.82) is 0 Å². The van der Waals surface area contributed by atoms with Crippen LogP contribution in [0.1, 0.15) is 43.0 Å². The smallest absolute Gasteiger partial charge is 0.233 e. The van der Waals surface area contributed by atoms with Crippen LogP contribution in [0.5, 0.6) is 0 Å². The van der Waals surface area contributed by atoms with Gasteiger partial charge in [-0.05, 0) is 44.3 Å². The molecule has 3 fully saturated rings. The number of thioether (sulfide) groups is 1. The maximum absolute atomic E-state index is 12.9. The summed E-state index contributed by atoms with van der Waals surface area (Å²) in [4.78, 5) is 20.0. The van der Waals surface area contributed by atoms with Crippen LogP contribution in [0.2, 0.25) is 0 Å². The van der Waals surface area contributed by atoms with Gasteiger partial charge in [-0.3, -0.25) is 9.69 Å². The summed E-state index contributed by atoms with van der Waals surface area (Å²) in [6.07, 6.45) is 5.08. The summed E-state index contributed by atoms with van der Waals surface area (Å²) < 4.78 is 2.22. The van der Waals surface area contributed by atoms with Gasteiger partial charge in [0.25, 0.3) is 0 Å². The van der Waals surface area contributed by atoms with E-state index in [2.05, 4.69) is 48.8 Å². The van der Waals surface area contributed by atoms with Gasteiger partial charge in [0.2, 0.25) is 5.91 Å². The van der Waals surface area contributed by atoms with Gasteiger partial charge in [0, 0.05) is 45.2 Å². The number of nitrogens with zero attached hydrogens (tertiary/aromatic N) is 6. The van der Waals surface area contributed by atoms with Crippen LogP contribution in [0.25, 0.3) is 0 Å². The molecule has 1 aromatic carbocycles. The van der Waals surface area contributed by atoms with Crippen LogP contribution in [0.15, 0.2) is 35.5 Å². The van der Waals surface area contributed by atoms with Crippen molar-refractivity contribution in [2.24, 2.45) is 0 Å². The Morgan fingerprint density at radius 1 is 0.906 bits per heavy atom. The molecule has 0 spiro atoms. The van der Waals surface area contributed by atoms with E-state index in [9.17, 15) is 4.79 Å². The topological polar surface area (TPSA) is 57.5 Å². The van der Waals surface area contributed by atoms with Gasteiger partial charge >= 0.3 is 0 Å². The molecule has 1 amide bonds. The van der Waals surface area contributed by atoms with Crippen LogP contribution in [0, 0.1) is 0 Å². The lowest BCUT2D eigenvalue weighted by Gasteiger charge is -2.35. The van der Waals surface area contributed by atoms with Crippen LogP contribution in [-0.4, -0.2) is 93.5 Å². The fourth-order valence-electron chi connectivity index (χ4n) is 4.69. The largest absolute Gasteiger partial charge is 0.339 e.